The predicted molar refractivity (Wildman–Crippen MR) is 116 cm³/mol. The molecule has 156 valence electrons. The molecule has 30 heavy (non-hydrogen) atoms. The van der Waals surface area contributed by atoms with Crippen molar-refractivity contribution in [3.8, 4) is 22.4 Å². The van der Waals surface area contributed by atoms with E-state index >= 15 is 0 Å². The highest BCUT2D eigenvalue weighted by molar-refractivity contribution is 5.80. The molecule has 1 aliphatic rings. The van der Waals surface area contributed by atoms with E-state index in [4.69, 9.17) is 4.98 Å². The molecule has 0 bridgehead atoms. The van der Waals surface area contributed by atoms with Gasteiger partial charge in [0.2, 0.25) is 5.95 Å². The summed E-state index contributed by atoms with van der Waals surface area (Å²) in [6, 6.07) is 9.56. The van der Waals surface area contributed by atoms with Gasteiger partial charge >= 0.3 is 0 Å². The maximum absolute atomic E-state index is 13.4. The van der Waals surface area contributed by atoms with Crippen LogP contribution in [-0.2, 0) is 7.05 Å². The lowest BCUT2D eigenvalue weighted by Gasteiger charge is -2.27. The minimum Gasteiger partial charge on any atom is -0.354 e. The van der Waals surface area contributed by atoms with Gasteiger partial charge in [0.15, 0.2) is 0 Å². The van der Waals surface area contributed by atoms with Crippen LogP contribution in [0.3, 0.4) is 0 Å². The van der Waals surface area contributed by atoms with Crippen molar-refractivity contribution in [1.29, 1.82) is 0 Å². The fourth-order valence-electron chi connectivity index (χ4n) is 3.62. The number of benzene rings is 1. The Kier molecular flexibility index (Phi) is 6.15. The summed E-state index contributed by atoms with van der Waals surface area (Å²) in [5.74, 6) is 0.160. The topological polar surface area (TPSA) is 75.1 Å². The molecule has 2 N–H and O–H groups in total. The van der Waals surface area contributed by atoms with Gasteiger partial charge in [-0.15, -0.1) is 0 Å². The highest BCUT2D eigenvalue weighted by Crippen LogP contribution is 2.28. The van der Waals surface area contributed by atoms with Crippen molar-refractivity contribution in [3.63, 3.8) is 0 Å². The Hall–Kier alpha value is -3.10. The van der Waals surface area contributed by atoms with E-state index in [1.54, 1.807) is 31.6 Å². The first-order valence-electron chi connectivity index (χ1n) is 10.1. The Morgan fingerprint density at radius 1 is 1.07 bits per heavy atom. The van der Waals surface area contributed by atoms with Gasteiger partial charge in [-0.25, -0.2) is 9.37 Å². The van der Waals surface area contributed by atoms with Crippen molar-refractivity contribution in [3.05, 3.63) is 65.0 Å². The molecule has 0 atom stereocenters. The van der Waals surface area contributed by atoms with Crippen LogP contribution < -0.4 is 16.2 Å². The van der Waals surface area contributed by atoms with Gasteiger partial charge in [0.25, 0.3) is 5.56 Å². The molecule has 0 radical (unpaired) electrons. The zero-order valence-corrected chi connectivity index (χ0v) is 16.9. The first kappa shape index (κ1) is 20.2. The first-order chi connectivity index (χ1) is 14.6. The summed E-state index contributed by atoms with van der Waals surface area (Å²) < 4.78 is 15.0. The third kappa shape index (κ3) is 4.39. The van der Waals surface area contributed by atoms with Gasteiger partial charge < -0.3 is 10.6 Å². The van der Waals surface area contributed by atoms with Crippen molar-refractivity contribution in [2.24, 2.45) is 7.05 Å². The van der Waals surface area contributed by atoms with Crippen molar-refractivity contribution >= 4 is 5.95 Å². The Bertz CT molecular complexity index is 1050. The molecule has 1 saturated heterocycles. The summed E-state index contributed by atoms with van der Waals surface area (Å²) in [5, 5.41) is 6.66. The molecule has 3 aromatic rings. The number of nitrogens with zero attached hydrogens (tertiary/aromatic N) is 4. The Morgan fingerprint density at radius 2 is 1.77 bits per heavy atom. The molecule has 1 aromatic carbocycles. The molecule has 0 amide bonds. The summed E-state index contributed by atoms with van der Waals surface area (Å²) in [7, 11) is 1.70. The molecule has 8 heteroatoms. The van der Waals surface area contributed by atoms with Crippen LogP contribution in [0.1, 0.15) is 0 Å². The number of pyridine rings is 1. The van der Waals surface area contributed by atoms with Crippen molar-refractivity contribution in [2.45, 2.75) is 0 Å². The SMILES string of the molecule is Cn1c(NCCN2CCNCC2)nc(-c2ccncc2)c(-c2ccc(F)cc2)c1=O. The van der Waals surface area contributed by atoms with Gasteiger partial charge in [0.1, 0.15) is 5.82 Å². The molecule has 0 saturated carbocycles. The van der Waals surface area contributed by atoms with Gasteiger partial charge in [0.05, 0.1) is 11.3 Å². The summed E-state index contributed by atoms with van der Waals surface area (Å²) in [4.78, 5) is 24.5. The van der Waals surface area contributed by atoms with E-state index in [-0.39, 0.29) is 11.4 Å². The van der Waals surface area contributed by atoms with Gasteiger partial charge in [0, 0.05) is 64.3 Å². The van der Waals surface area contributed by atoms with E-state index in [1.807, 2.05) is 12.1 Å². The van der Waals surface area contributed by atoms with Gasteiger partial charge in [-0.05, 0) is 29.8 Å². The largest absolute Gasteiger partial charge is 0.354 e. The standard InChI is InChI=1S/C22H25FN6O/c1-28-21(30)19(16-2-4-18(23)5-3-16)20(17-6-8-24-9-7-17)27-22(28)26-12-15-29-13-10-25-11-14-29/h2-9,25H,10-15H2,1H3,(H,26,27). The molecule has 2 aromatic heterocycles. The summed E-state index contributed by atoms with van der Waals surface area (Å²) in [6.07, 6.45) is 3.33. The lowest BCUT2D eigenvalue weighted by atomic mass is 10.0. The fraction of sp³-hybridized carbons (Fsp3) is 0.318. The zero-order chi connectivity index (χ0) is 20.9. The first-order valence-corrected chi connectivity index (χ1v) is 10.1. The summed E-state index contributed by atoms with van der Waals surface area (Å²) in [5.41, 5.74) is 2.22. The average Bonchev–Trinajstić information content (AvgIpc) is 2.79. The van der Waals surface area contributed by atoms with Crippen LogP contribution in [-0.4, -0.2) is 58.7 Å². The second-order valence-corrected chi connectivity index (χ2v) is 7.28. The van der Waals surface area contributed by atoms with Crippen LogP contribution in [0, 0.1) is 5.82 Å². The zero-order valence-electron chi connectivity index (χ0n) is 16.9. The second-order valence-electron chi connectivity index (χ2n) is 7.28. The monoisotopic (exact) mass is 408 g/mol. The Morgan fingerprint density at radius 3 is 2.47 bits per heavy atom. The van der Waals surface area contributed by atoms with Crippen LogP contribution in [0.4, 0.5) is 10.3 Å². The minimum absolute atomic E-state index is 0.187. The van der Waals surface area contributed by atoms with E-state index in [0.29, 0.717) is 29.3 Å². The number of aromatic nitrogens is 3. The van der Waals surface area contributed by atoms with E-state index in [2.05, 4.69) is 20.5 Å². The molecule has 1 aliphatic heterocycles. The van der Waals surface area contributed by atoms with Gasteiger partial charge in [-0.2, -0.15) is 0 Å². The van der Waals surface area contributed by atoms with Crippen molar-refractivity contribution in [2.75, 3.05) is 44.6 Å². The Balaban J connectivity index is 1.69. The van der Waals surface area contributed by atoms with Crippen LogP contribution in [0.2, 0.25) is 0 Å². The summed E-state index contributed by atoms with van der Waals surface area (Å²) in [6.45, 7) is 5.58. The highest BCUT2D eigenvalue weighted by Gasteiger charge is 2.18. The number of rotatable bonds is 6. The number of hydrogen-bond donors (Lipinski definition) is 2. The smallest absolute Gasteiger partial charge is 0.263 e. The van der Waals surface area contributed by atoms with Crippen LogP contribution in [0.15, 0.2) is 53.6 Å². The lowest BCUT2D eigenvalue weighted by Crippen LogP contribution is -2.45. The third-order valence-corrected chi connectivity index (χ3v) is 5.30. The Labute approximate surface area is 174 Å². The van der Waals surface area contributed by atoms with Crippen molar-refractivity contribution in [1.82, 2.24) is 24.8 Å². The molecular formula is C22H25FN6O. The molecule has 0 unspecified atom stereocenters. The predicted octanol–water partition coefficient (Wildman–Crippen LogP) is 1.97. The molecule has 0 aliphatic carbocycles. The quantitative estimate of drug-likeness (QED) is 0.650. The van der Waals surface area contributed by atoms with Crippen molar-refractivity contribution < 1.29 is 4.39 Å². The third-order valence-electron chi connectivity index (χ3n) is 5.30. The van der Waals surface area contributed by atoms with Crippen LogP contribution in [0.25, 0.3) is 22.4 Å². The number of nitrogens with one attached hydrogen (secondary N) is 2. The fourth-order valence-corrected chi connectivity index (χ4v) is 3.62. The number of hydrogen-bond acceptors (Lipinski definition) is 6. The molecule has 0 spiro atoms. The van der Waals surface area contributed by atoms with Gasteiger partial charge in [-0.3, -0.25) is 19.2 Å². The minimum atomic E-state index is -0.347. The summed E-state index contributed by atoms with van der Waals surface area (Å²) >= 11 is 0. The molecular weight excluding hydrogens is 383 g/mol. The van der Waals surface area contributed by atoms with E-state index in [0.717, 1.165) is 38.3 Å². The molecule has 1 fully saturated rings. The molecule has 3 heterocycles. The highest BCUT2D eigenvalue weighted by atomic mass is 19.1. The number of anilines is 1. The number of halogens is 1. The number of piperazine rings is 1. The van der Waals surface area contributed by atoms with E-state index in [9.17, 15) is 9.18 Å². The maximum atomic E-state index is 13.4. The lowest BCUT2D eigenvalue weighted by molar-refractivity contribution is 0.249. The maximum Gasteiger partial charge on any atom is 0.263 e. The molecule has 7 nitrogen and oxygen atoms in total. The normalized spacial score (nSPS) is 14.6. The van der Waals surface area contributed by atoms with Crippen LogP contribution >= 0.6 is 0 Å². The van der Waals surface area contributed by atoms with Crippen LogP contribution in [0.5, 0.6) is 0 Å². The van der Waals surface area contributed by atoms with E-state index in [1.165, 1.54) is 16.7 Å². The molecule has 4 rings (SSSR count). The second kappa shape index (κ2) is 9.15. The average molecular weight is 408 g/mol. The van der Waals surface area contributed by atoms with Gasteiger partial charge in [-0.1, -0.05) is 12.1 Å². The van der Waals surface area contributed by atoms with E-state index < -0.39 is 0 Å².